The summed E-state index contributed by atoms with van der Waals surface area (Å²) in [4.78, 5) is 53.5. The van der Waals surface area contributed by atoms with Crippen molar-refractivity contribution in [2.24, 2.45) is 0 Å². The van der Waals surface area contributed by atoms with Crippen molar-refractivity contribution in [3.05, 3.63) is 35.7 Å². The minimum absolute atomic E-state index is 0.00781. The molecule has 44 heavy (non-hydrogen) atoms. The Kier molecular flexibility index (Phi) is 9.37. The molecule has 1 aliphatic heterocycles. The van der Waals surface area contributed by atoms with Crippen molar-refractivity contribution in [1.29, 1.82) is 0 Å². The van der Waals surface area contributed by atoms with E-state index in [-0.39, 0.29) is 28.1 Å². The van der Waals surface area contributed by atoms with E-state index < -0.39 is 77.8 Å². The predicted octanol–water partition coefficient (Wildman–Crippen LogP) is 0.137. The van der Waals surface area contributed by atoms with E-state index in [1.807, 2.05) is 0 Å². The summed E-state index contributed by atoms with van der Waals surface area (Å²) < 4.78 is 81.3. The van der Waals surface area contributed by atoms with Crippen LogP contribution in [0.15, 0.2) is 30.1 Å². The van der Waals surface area contributed by atoms with Gasteiger partial charge in [0.1, 0.15) is 30.2 Å². The number of nitrogens with zero attached hydrogens (tertiary/aromatic N) is 7. The first-order valence-corrected chi connectivity index (χ1v) is 15.3. The van der Waals surface area contributed by atoms with Crippen LogP contribution in [0.4, 0.5) is 14.6 Å². The van der Waals surface area contributed by atoms with Crippen LogP contribution < -0.4 is 11.3 Å². The molecule has 9 atom stereocenters. The van der Waals surface area contributed by atoms with Crippen LogP contribution in [0.3, 0.4) is 0 Å². The molecular weight excluding hydrogens is 642 g/mol. The number of H-pyrrole nitrogens is 1. The Bertz CT molecular complexity index is 1760. The van der Waals surface area contributed by atoms with E-state index in [0.717, 1.165) is 30.5 Å². The molecule has 1 aliphatic rings. The summed E-state index contributed by atoms with van der Waals surface area (Å²) in [5.41, 5.74) is 5.04. The van der Waals surface area contributed by atoms with Crippen molar-refractivity contribution in [2.45, 2.75) is 50.4 Å². The van der Waals surface area contributed by atoms with Crippen molar-refractivity contribution in [3.8, 4) is 0 Å². The smallest absolute Gasteiger partial charge is 0.382 e. The normalized spacial score (nSPS) is 24.4. The Morgan fingerprint density at radius 2 is 1.98 bits per heavy atom. The van der Waals surface area contributed by atoms with Crippen molar-refractivity contribution < 1.29 is 56.1 Å². The van der Waals surface area contributed by atoms with Crippen LogP contribution in [-0.2, 0) is 32.4 Å². The maximum absolute atomic E-state index is 15.6. The summed E-state index contributed by atoms with van der Waals surface area (Å²) in [6.45, 7) is -2.60. The van der Waals surface area contributed by atoms with Gasteiger partial charge >= 0.3 is 22.4 Å². The number of nitrogens with one attached hydrogen (secondary N) is 1. The molecule has 24 heteroatoms. The molecule has 238 valence electrons. The molecule has 4 aromatic heterocycles. The number of alkyl halides is 2. The van der Waals surface area contributed by atoms with Gasteiger partial charge < -0.3 is 30.2 Å². The second-order valence-corrected chi connectivity index (χ2v) is 11.5. The van der Waals surface area contributed by atoms with Gasteiger partial charge in [0.2, 0.25) is 0 Å². The number of aromatic amines is 1. The highest BCUT2D eigenvalue weighted by Gasteiger charge is 2.49. The zero-order valence-electron chi connectivity index (χ0n) is 22.2. The van der Waals surface area contributed by atoms with Gasteiger partial charge in [-0.05, 0) is 11.5 Å². The highest BCUT2D eigenvalue weighted by molar-refractivity contribution is 7.47. The van der Waals surface area contributed by atoms with Crippen LogP contribution in [0.5, 0.6) is 0 Å². The van der Waals surface area contributed by atoms with Crippen molar-refractivity contribution in [2.75, 3.05) is 18.7 Å². The Labute approximate surface area is 244 Å². The fourth-order valence-electron chi connectivity index (χ4n) is 4.48. The number of ether oxygens (including phenoxy) is 3. The van der Waals surface area contributed by atoms with E-state index in [1.54, 1.807) is 0 Å². The van der Waals surface area contributed by atoms with E-state index in [9.17, 15) is 33.2 Å². The van der Waals surface area contributed by atoms with Gasteiger partial charge in [0.15, 0.2) is 41.3 Å². The fraction of sp³-hybridized carbons (Fsp3) is 0.500. The van der Waals surface area contributed by atoms with Gasteiger partial charge in [-0.2, -0.15) is 9.28 Å². The second-order valence-electron chi connectivity index (χ2n) is 9.15. The van der Waals surface area contributed by atoms with E-state index in [0.29, 0.717) is 0 Å². The maximum Gasteiger partial charge on any atom is 0.534 e. The number of phosphoric acid groups is 1. The van der Waals surface area contributed by atoms with Gasteiger partial charge in [-0.1, -0.05) is 0 Å². The molecule has 6 N–H and O–H groups in total. The quantitative estimate of drug-likeness (QED) is 0.0937. The van der Waals surface area contributed by atoms with E-state index in [4.69, 9.17) is 29.0 Å². The van der Waals surface area contributed by atoms with Crippen LogP contribution in [0.25, 0.3) is 22.3 Å². The minimum atomic E-state index is -5.11. The third-order valence-corrected chi connectivity index (χ3v) is 7.74. The zero-order valence-corrected chi connectivity index (χ0v) is 24.0. The molecule has 0 spiro atoms. The molecule has 0 amide bonds. The molecule has 5 rings (SSSR count). The molecule has 5 heterocycles. The standard InChI is InChI=1S/C20H23F2N9O11P2/c1-8(18(41-20(22)33)30-6-29-12-16(30)26-4-27-17(12)32)42-44(36,37)39-2-9-13(38-7-43(34)35)10(21)19(40-9)31-5-28-11-14(23)24-3-25-15(11)31/h3-6,8-10,13,18-20,33H,2,7H2,1H3,(H4-,23,24,25,26,27,32,34,35,36,37)/p+1/t8?,9-,10?,13?,18-,19-,20?/m1/s1. The number of imidazole rings is 2. The van der Waals surface area contributed by atoms with Crippen LogP contribution in [0.1, 0.15) is 19.4 Å². The predicted molar refractivity (Wildman–Crippen MR) is 140 cm³/mol. The lowest BCUT2D eigenvalue weighted by Gasteiger charge is -2.27. The average molecular weight is 666 g/mol. The first-order chi connectivity index (χ1) is 20.9. The molecule has 1 saturated heterocycles. The lowest BCUT2D eigenvalue weighted by molar-refractivity contribution is -0.246. The van der Waals surface area contributed by atoms with Gasteiger partial charge in [0.05, 0.1) is 25.6 Å². The Hall–Kier alpha value is -3.43. The highest BCUT2D eigenvalue weighted by atomic mass is 31.2. The lowest BCUT2D eigenvalue weighted by Crippen LogP contribution is -2.34. The zero-order chi connectivity index (χ0) is 31.8. The van der Waals surface area contributed by atoms with Crippen molar-refractivity contribution in [1.82, 2.24) is 39.0 Å². The monoisotopic (exact) mass is 666 g/mol. The third-order valence-electron chi connectivity index (χ3n) is 6.30. The summed E-state index contributed by atoms with van der Waals surface area (Å²) in [7, 11) is -7.96. The number of hydrogen-bond donors (Lipinski definition) is 5. The van der Waals surface area contributed by atoms with Gasteiger partial charge in [-0.3, -0.25) is 27.7 Å². The molecule has 0 saturated carbocycles. The number of rotatable bonds is 13. The molecule has 1 fully saturated rings. The Morgan fingerprint density at radius 1 is 1.23 bits per heavy atom. The minimum Gasteiger partial charge on any atom is -0.382 e. The SMILES string of the molecule is CC(OP(=O)(O)OC[C@H]1O[C@@H](n2cnc3c(N)ncnc32)C(F)C1OC[P+](=O)O)[C@@H](OC(O)F)n1cnc2c(=O)[nH]cnc21. The van der Waals surface area contributed by atoms with Crippen LogP contribution in [0, 0.1) is 0 Å². The second kappa shape index (κ2) is 12.9. The van der Waals surface area contributed by atoms with Crippen LogP contribution >= 0.6 is 15.9 Å². The Balaban J connectivity index is 1.33. The van der Waals surface area contributed by atoms with Gasteiger partial charge in [0, 0.05) is 0 Å². The molecule has 6 unspecified atom stereocenters. The largest absolute Gasteiger partial charge is 0.534 e. The number of halogens is 2. The summed E-state index contributed by atoms with van der Waals surface area (Å²) in [6, 6.07) is 0. The van der Waals surface area contributed by atoms with Gasteiger partial charge in [0.25, 0.3) is 11.9 Å². The van der Waals surface area contributed by atoms with Crippen LogP contribution in [0.2, 0.25) is 0 Å². The number of nitrogen functional groups attached to an aromatic ring is 1. The summed E-state index contributed by atoms with van der Waals surface area (Å²) in [5, 5.41) is 9.22. The van der Waals surface area contributed by atoms with E-state index >= 15 is 4.39 Å². The average Bonchev–Trinajstić information content (AvgIpc) is 3.65. The maximum atomic E-state index is 15.6. The number of nitrogens with two attached hydrogens (primary N) is 1. The summed E-state index contributed by atoms with van der Waals surface area (Å²) in [6.07, 6.45) is -6.32. The number of aliphatic hydroxyl groups is 1. The first-order valence-electron chi connectivity index (χ1n) is 12.4. The number of aliphatic hydroxyl groups excluding tert-OH is 1. The molecule has 0 radical (unpaired) electrons. The molecule has 0 aliphatic carbocycles. The Morgan fingerprint density at radius 3 is 2.70 bits per heavy atom. The van der Waals surface area contributed by atoms with E-state index in [1.165, 1.54) is 10.9 Å². The van der Waals surface area contributed by atoms with Crippen molar-refractivity contribution >= 4 is 44.0 Å². The van der Waals surface area contributed by atoms with Gasteiger partial charge in [-0.15, -0.1) is 0 Å². The first kappa shape index (κ1) is 32.0. The number of aromatic nitrogens is 8. The van der Waals surface area contributed by atoms with E-state index in [2.05, 4.69) is 29.9 Å². The van der Waals surface area contributed by atoms with Gasteiger partial charge in [-0.25, -0.2) is 33.9 Å². The molecule has 0 aromatic carbocycles. The van der Waals surface area contributed by atoms with Crippen LogP contribution in [-0.4, -0.2) is 97.9 Å². The van der Waals surface area contributed by atoms with Crippen molar-refractivity contribution in [3.63, 3.8) is 0 Å². The number of fused-ring (bicyclic) bond motifs is 2. The summed E-state index contributed by atoms with van der Waals surface area (Å²) >= 11 is 0. The number of hydrogen-bond acceptors (Lipinski definition) is 15. The highest BCUT2D eigenvalue weighted by Crippen LogP contribution is 2.48. The summed E-state index contributed by atoms with van der Waals surface area (Å²) in [5.74, 6) is 0.00781. The molecule has 4 aromatic rings. The molecule has 20 nitrogen and oxygen atoms in total. The molecular formula is C20H24F2N9O11P2+. The fourth-order valence-corrected chi connectivity index (χ4v) is 5.70. The lowest BCUT2D eigenvalue weighted by atomic mass is 10.1. The number of anilines is 1. The topological polar surface area (TPSA) is 274 Å². The molecule has 0 bridgehead atoms. The third kappa shape index (κ3) is 6.64. The number of phosphoric ester groups is 1.